The lowest BCUT2D eigenvalue weighted by Gasteiger charge is -2.18. The summed E-state index contributed by atoms with van der Waals surface area (Å²) in [5.41, 5.74) is 6.91. The molecule has 2 nitrogen and oxygen atoms in total. The molecular formula is C11H15ClN2. The highest BCUT2D eigenvalue weighted by Crippen LogP contribution is 2.24. The zero-order valence-corrected chi connectivity index (χ0v) is 8.87. The van der Waals surface area contributed by atoms with Crippen molar-refractivity contribution >= 4 is 17.3 Å². The lowest BCUT2D eigenvalue weighted by Crippen LogP contribution is -2.22. The molecular weight excluding hydrogens is 196 g/mol. The quantitative estimate of drug-likeness (QED) is 0.811. The number of nitrogens with zero attached hydrogens (tertiary/aromatic N) is 1. The van der Waals surface area contributed by atoms with Crippen LogP contribution in [0.25, 0.3) is 0 Å². The molecule has 1 atom stereocenters. The van der Waals surface area contributed by atoms with E-state index in [2.05, 4.69) is 17.0 Å². The van der Waals surface area contributed by atoms with Gasteiger partial charge in [-0.2, -0.15) is 0 Å². The van der Waals surface area contributed by atoms with E-state index in [4.69, 9.17) is 17.3 Å². The molecule has 1 unspecified atom stereocenters. The van der Waals surface area contributed by atoms with Gasteiger partial charge in [-0.3, -0.25) is 0 Å². The van der Waals surface area contributed by atoms with E-state index in [-0.39, 0.29) is 0 Å². The topological polar surface area (TPSA) is 29.3 Å². The lowest BCUT2D eigenvalue weighted by atomic mass is 10.1. The van der Waals surface area contributed by atoms with Gasteiger partial charge in [0.1, 0.15) is 0 Å². The fourth-order valence-electron chi connectivity index (χ4n) is 1.91. The zero-order chi connectivity index (χ0) is 9.97. The summed E-state index contributed by atoms with van der Waals surface area (Å²) in [5, 5.41) is 0.795. The molecule has 76 valence electrons. The van der Waals surface area contributed by atoms with Crippen LogP contribution in [0, 0.1) is 5.92 Å². The van der Waals surface area contributed by atoms with Crippen molar-refractivity contribution in [2.45, 2.75) is 6.42 Å². The maximum atomic E-state index is 5.84. The van der Waals surface area contributed by atoms with Gasteiger partial charge in [-0.1, -0.05) is 11.6 Å². The summed E-state index contributed by atoms with van der Waals surface area (Å²) in [7, 11) is 0. The van der Waals surface area contributed by atoms with Crippen molar-refractivity contribution in [2.75, 3.05) is 24.5 Å². The second-order valence-corrected chi connectivity index (χ2v) is 4.25. The highest BCUT2D eigenvalue weighted by Gasteiger charge is 2.20. The standard InChI is InChI=1S/C11H15ClN2/c12-10-1-3-11(4-2-10)14-6-5-9(7-13)8-14/h1-4,9H,5-8,13H2. The first kappa shape index (κ1) is 9.81. The molecule has 0 aliphatic carbocycles. The summed E-state index contributed by atoms with van der Waals surface area (Å²) in [6, 6.07) is 8.02. The van der Waals surface area contributed by atoms with Crippen LogP contribution in [-0.4, -0.2) is 19.6 Å². The third kappa shape index (κ3) is 2.02. The third-order valence-electron chi connectivity index (χ3n) is 2.81. The van der Waals surface area contributed by atoms with Crippen LogP contribution < -0.4 is 10.6 Å². The van der Waals surface area contributed by atoms with Crippen LogP contribution in [-0.2, 0) is 0 Å². The number of anilines is 1. The number of hydrogen-bond donors (Lipinski definition) is 1. The number of nitrogens with two attached hydrogens (primary N) is 1. The Morgan fingerprint density at radius 3 is 2.64 bits per heavy atom. The number of benzene rings is 1. The molecule has 0 amide bonds. The van der Waals surface area contributed by atoms with E-state index in [9.17, 15) is 0 Å². The van der Waals surface area contributed by atoms with Crippen molar-refractivity contribution in [1.82, 2.24) is 0 Å². The molecule has 1 aliphatic heterocycles. The van der Waals surface area contributed by atoms with Gasteiger partial charge in [0, 0.05) is 23.8 Å². The largest absolute Gasteiger partial charge is 0.371 e. The molecule has 0 aromatic heterocycles. The van der Waals surface area contributed by atoms with Gasteiger partial charge < -0.3 is 10.6 Å². The van der Waals surface area contributed by atoms with Crippen LogP contribution >= 0.6 is 11.6 Å². The van der Waals surface area contributed by atoms with Crippen LogP contribution in [0.5, 0.6) is 0 Å². The van der Waals surface area contributed by atoms with E-state index in [0.717, 1.165) is 24.7 Å². The summed E-state index contributed by atoms with van der Waals surface area (Å²) in [6.45, 7) is 2.99. The molecule has 14 heavy (non-hydrogen) atoms. The molecule has 0 bridgehead atoms. The number of hydrogen-bond acceptors (Lipinski definition) is 2. The van der Waals surface area contributed by atoms with Crippen LogP contribution in [0.3, 0.4) is 0 Å². The predicted octanol–water partition coefficient (Wildman–Crippen LogP) is 2.12. The zero-order valence-electron chi connectivity index (χ0n) is 8.12. The molecule has 2 rings (SSSR count). The van der Waals surface area contributed by atoms with E-state index in [1.165, 1.54) is 12.1 Å². The summed E-state index contributed by atoms with van der Waals surface area (Å²) < 4.78 is 0. The van der Waals surface area contributed by atoms with Gasteiger partial charge in [-0.05, 0) is 43.1 Å². The van der Waals surface area contributed by atoms with Crippen molar-refractivity contribution in [3.8, 4) is 0 Å². The number of rotatable bonds is 2. The molecule has 1 aliphatic rings. The second-order valence-electron chi connectivity index (χ2n) is 3.81. The van der Waals surface area contributed by atoms with Gasteiger partial charge >= 0.3 is 0 Å². The van der Waals surface area contributed by atoms with Crippen molar-refractivity contribution in [1.29, 1.82) is 0 Å². The fraction of sp³-hybridized carbons (Fsp3) is 0.455. The molecule has 0 radical (unpaired) electrons. The van der Waals surface area contributed by atoms with Crippen molar-refractivity contribution in [3.05, 3.63) is 29.3 Å². The Hall–Kier alpha value is -0.730. The minimum atomic E-state index is 0.658. The highest BCUT2D eigenvalue weighted by atomic mass is 35.5. The van der Waals surface area contributed by atoms with Crippen molar-refractivity contribution in [2.24, 2.45) is 11.7 Å². The van der Waals surface area contributed by atoms with Gasteiger partial charge in [-0.15, -0.1) is 0 Å². The first-order valence-electron chi connectivity index (χ1n) is 5.00. The Labute approximate surface area is 89.7 Å². The van der Waals surface area contributed by atoms with E-state index >= 15 is 0 Å². The first-order chi connectivity index (χ1) is 6.79. The maximum Gasteiger partial charge on any atom is 0.0407 e. The normalized spacial score (nSPS) is 21.6. The smallest absolute Gasteiger partial charge is 0.0407 e. The van der Waals surface area contributed by atoms with Gasteiger partial charge in [0.2, 0.25) is 0 Å². The van der Waals surface area contributed by atoms with E-state index in [1.807, 2.05) is 12.1 Å². The van der Waals surface area contributed by atoms with Gasteiger partial charge in [0.25, 0.3) is 0 Å². The molecule has 1 heterocycles. The Kier molecular flexibility index (Phi) is 2.94. The average Bonchev–Trinajstić information content (AvgIpc) is 2.67. The van der Waals surface area contributed by atoms with E-state index in [1.54, 1.807) is 0 Å². The Bertz CT molecular complexity index is 297. The highest BCUT2D eigenvalue weighted by molar-refractivity contribution is 6.30. The molecule has 1 fully saturated rings. The Balaban J connectivity index is 2.06. The van der Waals surface area contributed by atoms with Crippen molar-refractivity contribution in [3.63, 3.8) is 0 Å². The second kappa shape index (κ2) is 4.20. The minimum Gasteiger partial charge on any atom is -0.371 e. The van der Waals surface area contributed by atoms with E-state index < -0.39 is 0 Å². The summed E-state index contributed by atoms with van der Waals surface area (Å²) >= 11 is 5.84. The van der Waals surface area contributed by atoms with Crippen LogP contribution in [0.2, 0.25) is 5.02 Å². The number of halogens is 1. The molecule has 0 saturated carbocycles. The Morgan fingerprint density at radius 1 is 1.36 bits per heavy atom. The summed E-state index contributed by atoms with van der Waals surface area (Å²) in [5.74, 6) is 0.658. The van der Waals surface area contributed by atoms with Gasteiger partial charge in [0.05, 0.1) is 0 Å². The molecule has 1 saturated heterocycles. The Morgan fingerprint density at radius 2 is 2.07 bits per heavy atom. The molecule has 1 aromatic carbocycles. The van der Waals surface area contributed by atoms with Crippen LogP contribution in [0.15, 0.2) is 24.3 Å². The van der Waals surface area contributed by atoms with Crippen LogP contribution in [0.1, 0.15) is 6.42 Å². The molecule has 0 spiro atoms. The maximum absolute atomic E-state index is 5.84. The fourth-order valence-corrected chi connectivity index (χ4v) is 2.04. The van der Waals surface area contributed by atoms with Gasteiger partial charge in [-0.25, -0.2) is 0 Å². The predicted molar refractivity (Wildman–Crippen MR) is 60.8 cm³/mol. The first-order valence-corrected chi connectivity index (χ1v) is 5.38. The summed E-state index contributed by atoms with van der Waals surface area (Å²) in [6.07, 6.45) is 1.21. The SMILES string of the molecule is NCC1CCN(c2ccc(Cl)cc2)C1. The van der Waals surface area contributed by atoms with Crippen molar-refractivity contribution < 1.29 is 0 Å². The molecule has 3 heteroatoms. The van der Waals surface area contributed by atoms with E-state index in [0.29, 0.717) is 5.92 Å². The molecule has 1 aromatic rings. The monoisotopic (exact) mass is 210 g/mol. The summed E-state index contributed by atoms with van der Waals surface area (Å²) in [4.78, 5) is 2.37. The van der Waals surface area contributed by atoms with Gasteiger partial charge in [0.15, 0.2) is 0 Å². The molecule has 2 N–H and O–H groups in total. The van der Waals surface area contributed by atoms with Crippen LogP contribution in [0.4, 0.5) is 5.69 Å². The minimum absolute atomic E-state index is 0.658. The average molecular weight is 211 g/mol. The third-order valence-corrected chi connectivity index (χ3v) is 3.06. The lowest BCUT2D eigenvalue weighted by molar-refractivity contribution is 0.602.